The Kier molecular flexibility index (Phi) is 4.86. The highest BCUT2D eigenvalue weighted by molar-refractivity contribution is 7.89. The third-order valence-corrected chi connectivity index (χ3v) is 5.83. The lowest BCUT2D eigenvalue weighted by molar-refractivity contribution is 0.102. The Morgan fingerprint density at radius 2 is 1.76 bits per heavy atom. The van der Waals surface area contributed by atoms with E-state index in [0.29, 0.717) is 16.3 Å². The monoisotopic (exact) mass is 378 g/mol. The van der Waals surface area contributed by atoms with Gasteiger partial charge in [-0.2, -0.15) is 0 Å². The number of aryl methyl sites for hydroxylation is 2. The van der Waals surface area contributed by atoms with Crippen molar-refractivity contribution in [1.29, 1.82) is 0 Å². The van der Waals surface area contributed by atoms with Crippen molar-refractivity contribution in [2.75, 3.05) is 5.32 Å². The molecule has 7 heteroatoms. The van der Waals surface area contributed by atoms with Gasteiger partial charge in [0.25, 0.3) is 5.91 Å². The van der Waals surface area contributed by atoms with Gasteiger partial charge in [0, 0.05) is 11.6 Å². The van der Waals surface area contributed by atoms with E-state index in [1.807, 2.05) is 19.9 Å². The number of nitrogens with one attached hydrogen (secondary N) is 2. The number of amides is 1. The van der Waals surface area contributed by atoms with Gasteiger partial charge in [0.1, 0.15) is 0 Å². The Bertz CT molecular complexity index is 897. The van der Waals surface area contributed by atoms with Crippen LogP contribution in [-0.4, -0.2) is 20.4 Å². The molecule has 0 saturated heterocycles. The third kappa shape index (κ3) is 4.21. The zero-order valence-electron chi connectivity index (χ0n) is 14.0. The minimum absolute atomic E-state index is 0.0413. The van der Waals surface area contributed by atoms with E-state index >= 15 is 0 Å². The van der Waals surface area contributed by atoms with Crippen LogP contribution in [0, 0.1) is 13.8 Å². The average Bonchev–Trinajstić information content (AvgIpc) is 3.34. The molecule has 5 nitrogen and oxygen atoms in total. The van der Waals surface area contributed by atoms with Crippen LogP contribution in [-0.2, 0) is 10.0 Å². The molecule has 3 rings (SSSR count). The predicted octanol–water partition coefficient (Wildman–Crippen LogP) is 3.65. The molecule has 0 unspecified atom stereocenters. The molecule has 1 amide bonds. The molecule has 0 spiro atoms. The van der Waals surface area contributed by atoms with Crippen molar-refractivity contribution in [2.45, 2.75) is 37.6 Å². The van der Waals surface area contributed by atoms with E-state index in [4.69, 9.17) is 11.6 Å². The Hall–Kier alpha value is -1.89. The van der Waals surface area contributed by atoms with Gasteiger partial charge < -0.3 is 5.32 Å². The minimum Gasteiger partial charge on any atom is -0.320 e. The Morgan fingerprint density at radius 1 is 1.12 bits per heavy atom. The maximum Gasteiger partial charge on any atom is 0.255 e. The van der Waals surface area contributed by atoms with Crippen LogP contribution in [0.25, 0.3) is 0 Å². The number of anilines is 1. The highest BCUT2D eigenvalue weighted by atomic mass is 35.5. The number of benzene rings is 2. The highest BCUT2D eigenvalue weighted by Crippen LogP contribution is 2.28. The van der Waals surface area contributed by atoms with Gasteiger partial charge in [-0.1, -0.05) is 17.7 Å². The van der Waals surface area contributed by atoms with Gasteiger partial charge in [-0.25, -0.2) is 13.1 Å². The molecular formula is C18H19ClN2O3S. The van der Waals surface area contributed by atoms with Gasteiger partial charge in [0.05, 0.1) is 15.6 Å². The molecule has 2 aromatic carbocycles. The number of hydrogen-bond acceptors (Lipinski definition) is 3. The molecule has 0 radical (unpaired) electrons. The largest absolute Gasteiger partial charge is 0.320 e. The number of carbonyl (C=O) groups excluding carboxylic acids is 1. The first-order valence-corrected chi connectivity index (χ1v) is 9.83. The first-order valence-electron chi connectivity index (χ1n) is 7.97. The van der Waals surface area contributed by atoms with Gasteiger partial charge in [-0.15, -0.1) is 0 Å². The molecule has 1 fully saturated rings. The fraction of sp³-hybridized carbons (Fsp3) is 0.278. The van der Waals surface area contributed by atoms with E-state index in [2.05, 4.69) is 10.0 Å². The maximum absolute atomic E-state index is 12.4. The molecule has 0 aliphatic heterocycles. The summed E-state index contributed by atoms with van der Waals surface area (Å²) < 4.78 is 26.9. The van der Waals surface area contributed by atoms with Gasteiger partial charge in [0.15, 0.2) is 0 Å². The fourth-order valence-corrected chi connectivity index (χ4v) is 4.21. The van der Waals surface area contributed by atoms with Crippen LogP contribution >= 0.6 is 11.6 Å². The van der Waals surface area contributed by atoms with E-state index < -0.39 is 10.0 Å². The van der Waals surface area contributed by atoms with Crippen molar-refractivity contribution in [3.8, 4) is 0 Å². The van der Waals surface area contributed by atoms with Gasteiger partial charge in [-0.3, -0.25) is 4.79 Å². The van der Waals surface area contributed by atoms with Crippen molar-refractivity contribution < 1.29 is 13.2 Å². The van der Waals surface area contributed by atoms with Crippen LogP contribution in [0.15, 0.2) is 41.3 Å². The summed E-state index contributed by atoms with van der Waals surface area (Å²) in [5, 5.41) is 3.26. The molecule has 132 valence electrons. The predicted molar refractivity (Wildman–Crippen MR) is 98.7 cm³/mol. The third-order valence-electron chi connectivity index (χ3n) is 4.00. The first kappa shape index (κ1) is 17.9. The Morgan fingerprint density at radius 3 is 2.32 bits per heavy atom. The van der Waals surface area contributed by atoms with Crippen molar-refractivity contribution in [3.63, 3.8) is 0 Å². The number of sulfonamides is 1. The lowest BCUT2D eigenvalue weighted by atomic mass is 10.1. The zero-order valence-corrected chi connectivity index (χ0v) is 15.5. The number of halogens is 1. The normalized spacial score (nSPS) is 14.4. The van der Waals surface area contributed by atoms with Gasteiger partial charge in [0.2, 0.25) is 10.0 Å². The lowest BCUT2D eigenvalue weighted by Crippen LogP contribution is -2.25. The molecule has 1 aliphatic carbocycles. The topological polar surface area (TPSA) is 75.3 Å². The molecule has 0 atom stereocenters. The molecule has 0 aromatic heterocycles. The van der Waals surface area contributed by atoms with Gasteiger partial charge in [-0.05, 0) is 68.1 Å². The van der Waals surface area contributed by atoms with E-state index in [0.717, 1.165) is 24.0 Å². The highest BCUT2D eigenvalue weighted by Gasteiger charge is 2.28. The smallest absolute Gasteiger partial charge is 0.255 e. The van der Waals surface area contributed by atoms with Crippen molar-refractivity contribution in [2.24, 2.45) is 0 Å². The Balaban J connectivity index is 1.77. The molecule has 0 bridgehead atoms. The summed E-state index contributed by atoms with van der Waals surface area (Å²) in [5.74, 6) is -0.340. The lowest BCUT2D eigenvalue weighted by Gasteiger charge is -2.12. The zero-order chi connectivity index (χ0) is 18.2. The quantitative estimate of drug-likeness (QED) is 0.833. The van der Waals surface area contributed by atoms with E-state index in [1.54, 1.807) is 6.07 Å². The van der Waals surface area contributed by atoms with E-state index in [1.165, 1.54) is 24.3 Å². The molecule has 1 saturated carbocycles. The van der Waals surface area contributed by atoms with Crippen LogP contribution in [0.2, 0.25) is 5.02 Å². The summed E-state index contributed by atoms with van der Waals surface area (Å²) in [6, 6.07) is 9.61. The summed E-state index contributed by atoms with van der Waals surface area (Å²) in [6.07, 6.45) is 1.74. The SMILES string of the molecule is Cc1cc(C)c(NC(=O)c2ccc(S(=O)(=O)NC3CC3)cc2)c(Cl)c1. The first-order chi connectivity index (χ1) is 11.8. The average molecular weight is 379 g/mol. The van der Waals surface area contributed by atoms with Crippen LogP contribution in [0.5, 0.6) is 0 Å². The number of hydrogen-bond donors (Lipinski definition) is 2. The second kappa shape index (κ2) is 6.78. The summed E-state index contributed by atoms with van der Waals surface area (Å²) in [5.41, 5.74) is 2.80. The van der Waals surface area contributed by atoms with Crippen molar-refractivity contribution >= 4 is 33.2 Å². The summed E-state index contributed by atoms with van der Waals surface area (Å²) >= 11 is 6.20. The van der Waals surface area contributed by atoms with E-state index in [-0.39, 0.29) is 16.8 Å². The standard InChI is InChI=1S/C18H19ClN2O3S/c1-11-9-12(2)17(16(19)10-11)20-18(22)13-3-7-15(8-4-13)25(23,24)21-14-5-6-14/h3-4,7-10,14,21H,5-6H2,1-2H3,(H,20,22). The fourth-order valence-electron chi connectivity index (χ4n) is 2.53. The summed E-state index contributed by atoms with van der Waals surface area (Å²) in [4.78, 5) is 12.6. The minimum atomic E-state index is -3.52. The van der Waals surface area contributed by atoms with Crippen LogP contribution in [0.4, 0.5) is 5.69 Å². The van der Waals surface area contributed by atoms with Crippen LogP contribution in [0.3, 0.4) is 0 Å². The van der Waals surface area contributed by atoms with Crippen LogP contribution in [0.1, 0.15) is 34.3 Å². The van der Waals surface area contributed by atoms with E-state index in [9.17, 15) is 13.2 Å². The molecule has 2 aromatic rings. The Labute approximate surface area is 152 Å². The van der Waals surface area contributed by atoms with Crippen molar-refractivity contribution in [3.05, 3.63) is 58.1 Å². The number of rotatable bonds is 5. The maximum atomic E-state index is 12.4. The summed E-state index contributed by atoms with van der Waals surface area (Å²) in [7, 11) is -3.52. The van der Waals surface area contributed by atoms with Crippen LogP contribution < -0.4 is 10.0 Å². The summed E-state index contributed by atoms with van der Waals surface area (Å²) in [6.45, 7) is 3.80. The molecule has 1 aliphatic rings. The van der Waals surface area contributed by atoms with Gasteiger partial charge >= 0.3 is 0 Å². The molecular weight excluding hydrogens is 360 g/mol. The molecule has 25 heavy (non-hydrogen) atoms. The molecule has 2 N–H and O–H groups in total. The number of carbonyl (C=O) groups is 1. The van der Waals surface area contributed by atoms with Crippen molar-refractivity contribution in [1.82, 2.24) is 4.72 Å². The molecule has 0 heterocycles. The second-order valence-corrected chi connectivity index (χ2v) is 8.43. The second-order valence-electron chi connectivity index (χ2n) is 6.31.